The fourth-order valence-electron chi connectivity index (χ4n) is 1.65. The van der Waals surface area contributed by atoms with E-state index in [0.717, 1.165) is 10.0 Å². The predicted molar refractivity (Wildman–Crippen MR) is 77.1 cm³/mol. The van der Waals surface area contributed by atoms with Crippen LogP contribution in [0.4, 0.5) is 0 Å². The third-order valence-corrected chi connectivity index (χ3v) is 3.06. The Morgan fingerprint density at radius 2 is 2.00 bits per heavy atom. The first-order valence-electron chi connectivity index (χ1n) is 5.66. The lowest BCUT2D eigenvalue weighted by atomic mass is 10.2. The fraction of sp³-hybridized carbons (Fsp3) is 0.0714. The molecule has 0 atom stereocenters. The number of amides is 1. The first kappa shape index (κ1) is 13.6. The number of hydrogen-bond donors (Lipinski definition) is 2. The molecule has 0 aromatic heterocycles. The maximum Gasteiger partial charge on any atom is 0.252 e. The lowest BCUT2D eigenvalue weighted by Gasteiger charge is -2.10. The molecule has 98 valence electrons. The molecule has 1 amide bonds. The molecule has 2 aromatic carbocycles. The van der Waals surface area contributed by atoms with E-state index in [1.807, 2.05) is 18.2 Å². The van der Waals surface area contributed by atoms with Crippen LogP contribution >= 0.6 is 15.9 Å². The monoisotopic (exact) mass is 320 g/mol. The topological polar surface area (TPSA) is 78.3 Å². The van der Waals surface area contributed by atoms with E-state index in [1.54, 1.807) is 24.3 Å². The van der Waals surface area contributed by atoms with Gasteiger partial charge in [0.2, 0.25) is 0 Å². The lowest BCUT2D eigenvalue weighted by Crippen LogP contribution is -2.12. The van der Waals surface area contributed by atoms with Crippen molar-refractivity contribution in [2.75, 3.05) is 0 Å². The van der Waals surface area contributed by atoms with Crippen LogP contribution in [0.2, 0.25) is 0 Å². The molecule has 0 aliphatic heterocycles. The first-order chi connectivity index (χ1) is 9.10. The molecule has 4 nitrogen and oxygen atoms in total. The summed E-state index contributed by atoms with van der Waals surface area (Å²) in [5, 5.41) is 0. The van der Waals surface area contributed by atoms with Crippen molar-refractivity contribution in [2.24, 2.45) is 11.5 Å². The van der Waals surface area contributed by atoms with E-state index in [-0.39, 0.29) is 0 Å². The second kappa shape index (κ2) is 5.86. The van der Waals surface area contributed by atoms with Crippen LogP contribution in [-0.2, 0) is 6.54 Å². The van der Waals surface area contributed by atoms with Gasteiger partial charge in [0.05, 0.1) is 5.56 Å². The maximum atomic E-state index is 11.4. The minimum atomic E-state index is -0.536. The van der Waals surface area contributed by atoms with Gasteiger partial charge in [0.25, 0.3) is 5.91 Å². The molecule has 0 bridgehead atoms. The van der Waals surface area contributed by atoms with Gasteiger partial charge >= 0.3 is 0 Å². The second-order valence-electron chi connectivity index (χ2n) is 3.96. The van der Waals surface area contributed by atoms with Crippen LogP contribution < -0.4 is 16.2 Å². The van der Waals surface area contributed by atoms with Crippen molar-refractivity contribution in [1.82, 2.24) is 0 Å². The van der Waals surface area contributed by atoms with Gasteiger partial charge in [-0.25, -0.2) is 0 Å². The summed E-state index contributed by atoms with van der Waals surface area (Å²) in [4.78, 5) is 11.4. The summed E-state index contributed by atoms with van der Waals surface area (Å²) < 4.78 is 6.46. The van der Waals surface area contributed by atoms with Crippen molar-refractivity contribution in [1.29, 1.82) is 0 Å². The van der Waals surface area contributed by atoms with Crippen LogP contribution in [0.25, 0.3) is 0 Å². The average molecular weight is 321 g/mol. The molecule has 0 aliphatic rings. The van der Waals surface area contributed by atoms with E-state index in [2.05, 4.69) is 15.9 Å². The normalized spacial score (nSPS) is 10.2. The zero-order valence-electron chi connectivity index (χ0n) is 10.1. The molecule has 0 saturated heterocycles. The van der Waals surface area contributed by atoms with Crippen molar-refractivity contribution >= 4 is 21.8 Å². The first-order valence-corrected chi connectivity index (χ1v) is 6.45. The van der Waals surface area contributed by atoms with Crippen LogP contribution in [0.15, 0.2) is 46.9 Å². The van der Waals surface area contributed by atoms with Gasteiger partial charge < -0.3 is 16.2 Å². The van der Waals surface area contributed by atoms with Gasteiger partial charge in [0, 0.05) is 11.0 Å². The van der Waals surface area contributed by atoms with E-state index < -0.39 is 5.91 Å². The summed E-state index contributed by atoms with van der Waals surface area (Å²) in [5.41, 5.74) is 12.2. The van der Waals surface area contributed by atoms with Crippen molar-refractivity contribution in [3.8, 4) is 11.5 Å². The Bertz CT molecular complexity index is 614. The molecule has 0 radical (unpaired) electrons. The Hall–Kier alpha value is -1.85. The van der Waals surface area contributed by atoms with Gasteiger partial charge in [0.1, 0.15) is 11.5 Å². The van der Waals surface area contributed by atoms with Gasteiger partial charge in [-0.3, -0.25) is 4.79 Å². The highest BCUT2D eigenvalue weighted by Gasteiger charge is 2.11. The number of carbonyl (C=O) groups is 1. The quantitative estimate of drug-likeness (QED) is 0.909. The molecule has 0 heterocycles. The van der Waals surface area contributed by atoms with Gasteiger partial charge in [0.15, 0.2) is 0 Å². The smallest absolute Gasteiger partial charge is 0.252 e. The summed E-state index contributed by atoms with van der Waals surface area (Å²) in [5.74, 6) is 0.504. The van der Waals surface area contributed by atoms with Crippen LogP contribution in [-0.4, -0.2) is 5.91 Å². The van der Waals surface area contributed by atoms with Gasteiger partial charge in [-0.05, 0) is 35.9 Å². The van der Waals surface area contributed by atoms with Crippen molar-refractivity contribution in [3.05, 3.63) is 58.1 Å². The number of primary amides is 1. The lowest BCUT2D eigenvalue weighted by molar-refractivity contribution is 0.0998. The van der Waals surface area contributed by atoms with Gasteiger partial charge in [-0.1, -0.05) is 28.1 Å². The Kier molecular flexibility index (Phi) is 4.19. The summed E-state index contributed by atoms with van der Waals surface area (Å²) in [6.45, 7) is 0.431. The van der Waals surface area contributed by atoms with Crippen molar-refractivity contribution in [2.45, 2.75) is 6.54 Å². The van der Waals surface area contributed by atoms with E-state index in [9.17, 15) is 4.79 Å². The van der Waals surface area contributed by atoms with Gasteiger partial charge in [-0.2, -0.15) is 0 Å². The molecule has 0 aliphatic carbocycles. The zero-order chi connectivity index (χ0) is 13.8. The highest BCUT2D eigenvalue weighted by molar-refractivity contribution is 9.10. The summed E-state index contributed by atoms with van der Waals surface area (Å²) in [6, 6.07) is 12.5. The maximum absolute atomic E-state index is 11.4. The molecule has 5 heteroatoms. The fourth-order valence-corrected chi connectivity index (χ4v) is 2.01. The number of hydrogen-bond acceptors (Lipinski definition) is 3. The molecule has 0 saturated carbocycles. The number of halogens is 1. The minimum absolute atomic E-state index is 0.326. The summed E-state index contributed by atoms with van der Waals surface area (Å²) >= 11 is 3.29. The van der Waals surface area contributed by atoms with Crippen molar-refractivity contribution < 1.29 is 9.53 Å². The Labute approximate surface area is 119 Å². The standard InChI is InChI=1S/C14H13BrN2O2/c15-10-4-5-13(12(7-10)14(17)18)19-11-3-1-2-9(6-11)8-16/h1-7H,8,16H2,(H2,17,18). The van der Waals surface area contributed by atoms with Gasteiger partial charge in [-0.15, -0.1) is 0 Å². The van der Waals surface area contributed by atoms with Crippen molar-refractivity contribution in [3.63, 3.8) is 0 Å². The SMILES string of the molecule is NCc1cccc(Oc2ccc(Br)cc2C(N)=O)c1. The number of benzene rings is 2. The average Bonchev–Trinajstić information content (AvgIpc) is 2.41. The Morgan fingerprint density at radius 1 is 1.21 bits per heavy atom. The molecule has 2 aromatic rings. The molecule has 19 heavy (non-hydrogen) atoms. The number of ether oxygens (including phenoxy) is 1. The molecule has 0 spiro atoms. The summed E-state index contributed by atoms with van der Waals surface area (Å²) in [7, 11) is 0. The molecule has 2 rings (SSSR count). The van der Waals surface area contributed by atoms with Crippen LogP contribution in [0.3, 0.4) is 0 Å². The van der Waals surface area contributed by atoms with Crippen LogP contribution in [0.1, 0.15) is 15.9 Å². The highest BCUT2D eigenvalue weighted by atomic mass is 79.9. The molecular weight excluding hydrogens is 308 g/mol. The van der Waals surface area contributed by atoms with Crippen LogP contribution in [0.5, 0.6) is 11.5 Å². The summed E-state index contributed by atoms with van der Waals surface area (Å²) in [6.07, 6.45) is 0. The van der Waals surface area contributed by atoms with E-state index in [0.29, 0.717) is 23.6 Å². The zero-order valence-corrected chi connectivity index (χ0v) is 11.7. The van der Waals surface area contributed by atoms with E-state index >= 15 is 0 Å². The second-order valence-corrected chi connectivity index (χ2v) is 4.87. The van der Waals surface area contributed by atoms with E-state index in [1.165, 1.54) is 0 Å². The highest BCUT2D eigenvalue weighted by Crippen LogP contribution is 2.28. The number of nitrogens with two attached hydrogens (primary N) is 2. The van der Waals surface area contributed by atoms with Crippen LogP contribution in [0, 0.1) is 0 Å². The minimum Gasteiger partial charge on any atom is -0.457 e. The Morgan fingerprint density at radius 3 is 2.68 bits per heavy atom. The largest absolute Gasteiger partial charge is 0.457 e. The molecule has 0 unspecified atom stereocenters. The molecule has 0 fully saturated rings. The number of rotatable bonds is 4. The van der Waals surface area contributed by atoms with E-state index in [4.69, 9.17) is 16.2 Å². The Balaban J connectivity index is 2.34. The number of carbonyl (C=O) groups excluding carboxylic acids is 1. The third kappa shape index (κ3) is 3.33. The predicted octanol–water partition coefficient (Wildman–Crippen LogP) is 2.80. The molecular formula is C14H13BrN2O2. The molecule has 4 N–H and O–H groups in total. The third-order valence-electron chi connectivity index (χ3n) is 2.57.